The van der Waals surface area contributed by atoms with Crippen LogP contribution in [0.1, 0.15) is 83.4 Å². The standard InChI is InChI=1S/C30H39N3O5.C22H35N3O3/c1-30(2,3)38-29(35)33-19-17-31(18-20-33)21-22-36-27-11-9-25(10-12-27)26-13-15-32(16-14-26)28(34)37-23-24-7-5-4-6-8-24;1-22(2,3)28-21(26)25-14-12-24(13-15-25)16-17-27-20-6-4-18(5-7-20)19-8-10-23-11-9-19/h4-13H,14-23H2,1-3H3;4-7,19,23H,8-17H2,1-3H3. The van der Waals surface area contributed by atoms with E-state index in [0.29, 0.717) is 58.4 Å². The van der Waals surface area contributed by atoms with Crippen LogP contribution in [-0.2, 0) is 20.8 Å². The fraction of sp³-hybridized carbons (Fsp3) is 0.558. The van der Waals surface area contributed by atoms with Crippen LogP contribution in [0.4, 0.5) is 14.4 Å². The maximum atomic E-state index is 12.4. The molecule has 4 heterocycles. The molecule has 0 bridgehead atoms. The molecule has 0 aromatic heterocycles. The van der Waals surface area contributed by atoms with Gasteiger partial charge < -0.3 is 43.7 Å². The first-order valence-corrected chi connectivity index (χ1v) is 23.9. The number of nitrogens with one attached hydrogen (secondary N) is 1. The van der Waals surface area contributed by atoms with Crippen molar-refractivity contribution in [2.75, 3.05) is 105 Å². The lowest BCUT2D eigenvalue weighted by Gasteiger charge is -2.35. The van der Waals surface area contributed by atoms with Crippen LogP contribution in [0.5, 0.6) is 11.5 Å². The molecule has 0 aliphatic carbocycles. The Balaban J connectivity index is 0.000000229. The van der Waals surface area contributed by atoms with Crippen LogP contribution in [0.2, 0.25) is 0 Å². The fourth-order valence-corrected chi connectivity index (χ4v) is 8.21. The molecule has 3 aromatic rings. The number of rotatable bonds is 12. The minimum Gasteiger partial charge on any atom is -0.492 e. The van der Waals surface area contributed by atoms with E-state index in [1.807, 2.05) is 84.0 Å². The molecule has 1 N–H and O–H groups in total. The first-order chi connectivity index (χ1) is 31.7. The smallest absolute Gasteiger partial charge is 0.410 e. The lowest BCUT2D eigenvalue weighted by atomic mass is 9.90. The summed E-state index contributed by atoms with van der Waals surface area (Å²) in [5, 5.41) is 3.42. The number of amides is 3. The van der Waals surface area contributed by atoms with Crippen LogP contribution < -0.4 is 14.8 Å². The lowest BCUT2D eigenvalue weighted by molar-refractivity contribution is 0.0127. The third-order valence-corrected chi connectivity index (χ3v) is 12.0. The van der Waals surface area contributed by atoms with Gasteiger partial charge in [-0.3, -0.25) is 9.80 Å². The monoisotopic (exact) mass is 911 g/mol. The van der Waals surface area contributed by atoms with Crippen LogP contribution >= 0.6 is 0 Å². The summed E-state index contributed by atoms with van der Waals surface area (Å²) >= 11 is 0. The molecular weight excluding hydrogens is 837 g/mol. The van der Waals surface area contributed by atoms with E-state index in [0.717, 1.165) is 81.4 Å². The maximum Gasteiger partial charge on any atom is 0.410 e. The zero-order chi connectivity index (χ0) is 46.9. The van der Waals surface area contributed by atoms with Gasteiger partial charge in [0.15, 0.2) is 0 Å². The van der Waals surface area contributed by atoms with Crippen molar-refractivity contribution in [2.24, 2.45) is 0 Å². The Kier molecular flexibility index (Phi) is 18.6. The van der Waals surface area contributed by atoms with E-state index in [1.54, 1.807) is 14.7 Å². The molecule has 3 fully saturated rings. The van der Waals surface area contributed by atoms with Gasteiger partial charge in [0.25, 0.3) is 0 Å². The molecule has 7 rings (SSSR count). The van der Waals surface area contributed by atoms with Crippen LogP contribution in [0, 0.1) is 0 Å². The van der Waals surface area contributed by atoms with Gasteiger partial charge in [-0.1, -0.05) is 60.7 Å². The van der Waals surface area contributed by atoms with Crippen LogP contribution in [-0.4, -0.2) is 159 Å². The summed E-state index contributed by atoms with van der Waals surface area (Å²) in [5.41, 5.74) is 3.87. The van der Waals surface area contributed by atoms with Gasteiger partial charge >= 0.3 is 18.3 Å². The number of piperazine rings is 2. The van der Waals surface area contributed by atoms with Gasteiger partial charge in [0.05, 0.1) is 0 Å². The van der Waals surface area contributed by atoms with Crippen LogP contribution in [0.3, 0.4) is 0 Å². The summed E-state index contributed by atoms with van der Waals surface area (Å²) in [5.74, 6) is 2.45. The van der Waals surface area contributed by atoms with Crippen molar-refractivity contribution in [3.8, 4) is 11.5 Å². The summed E-state index contributed by atoms with van der Waals surface area (Å²) < 4.78 is 28.3. The molecule has 0 spiro atoms. The average molecular weight is 911 g/mol. The van der Waals surface area contributed by atoms with E-state index in [2.05, 4.69) is 57.6 Å². The SMILES string of the molecule is CC(C)(C)OC(=O)N1CCN(CCOc2ccc(C3=CCN(C(=O)OCc4ccccc4)CC3)cc2)CC1.CC(C)(C)OC(=O)N1CCN(CCOc2ccc(C3CCNCC3)cc2)CC1. The van der Waals surface area contributed by atoms with E-state index in [4.69, 9.17) is 23.7 Å². The van der Waals surface area contributed by atoms with Crippen molar-refractivity contribution in [3.63, 3.8) is 0 Å². The number of hydrogen-bond donors (Lipinski definition) is 1. The molecule has 0 saturated carbocycles. The second-order valence-corrected chi connectivity index (χ2v) is 19.4. The van der Waals surface area contributed by atoms with Crippen molar-refractivity contribution in [1.82, 2.24) is 29.8 Å². The Morgan fingerprint density at radius 1 is 0.591 bits per heavy atom. The molecule has 0 atom stereocenters. The maximum absolute atomic E-state index is 12.4. The van der Waals surface area contributed by atoms with E-state index in [1.165, 1.54) is 24.0 Å². The highest BCUT2D eigenvalue weighted by atomic mass is 16.6. The number of benzene rings is 3. The van der Waals surface area contributed by atoms with Gasteiger partial charge in [0.1, 0.15) is 42.5 Å². The number of carbonyl (C=O) groups is 3. The van der Waals surface area contributed by atoms with Gasteiger partial charge in [0.2, 0.25) is 0 Å². The Morgan fingerprint density at radius 2 is 1.09 bits per heavy atom. The highest BCUT2D eigenvalue weighted by Gasteiger charge is 2.27. The lowest BCUT2D eigenvalue weighted by Crippen LogP contribution is -2.50. The zero-order valence-electron chi connectivity index (χ0n) is 40.3. The molecule has 4 aliphatic rings. The quantitative estimate of drug-likeness (QED) is 0.177. The Hall–Kier alpha value is -5.31. The molecule has 0 radical (unpaired) electrons. The van der Waals surface area contributed by atoms with Gasteiger partial charge in [-0.25, -0.2) is 14.4 Å². The van der Waals surface area contributed by atoms with Gasteiger partial charge in [-0.15, -0.1) is 0 Å². The highest BCUT2D eigenvalue weighted by molar-refractivity contribution is 5.73. The minimum atomic E-state index is -0.470. The van der Waals surface area contributed by atoms with Gasteiger partial charge in [0, 0.05) is 78.5 Å². The molecular formula is C52H74N6O8. The topological polar surface area (TPSA) is 126 Å². The van der Waals surface area contributed by atoms with Crippen molar-refractivity contribution in [1.29, 1.82) is 0 Å². The molecule has 14 heteroatoms. The number of hydrogen-bond acceptors (Lipinski definition) is 11. The normalized spacial score (nSPS) is 17.8. The zero-order valence-corrected chi connectivity index (χ0v) is 40.3. The molecule has 66 heavy (non-hydrogen) atoms. The summed E-state index contributed by atoms with van der Waals surface area (Å²) in [4.78, 5) is 46.7. The van der Waals surface area contributed by atoms with E-state index < -0.39 is 11.2 Å². The predicted molar refractivity (Wildman–Crippen MR) is 258 cm³/mol. The largest absolute Gasteiger partial charge is 0.492 e. The Labute approximate surface area is 393 Å². The first-order valence-electron chi connectivity index (χ1n) is 23.9. The van der Waals surface area contributed by atoms with E-state index in [-0.39, 0.29) is 24.9 Å². The van der Waals surface area contributed by atoms with Crippen LogP contribution in [0.25, 0.3) is 5.57 Å². The second kappa shape index (κ2) is 24.5. The Morgan fingerprint density at radius 3 is 1.56 bits per heavy atom. The number of ether oxygens (including phenoxy) is 5. The van der Waals surface area contributed by atoms with Crippen molar-refractivity contribution in [2.45, 2.75) is 84.5 Å². The second-order valence-electron chi connectivity index (χ2n) is 19.4. The number of piperidine rings is 1. The minimum absolute atomic E-state index is 0.211. The number of carbonyl (C=O) groups excluding carboxylic acids is 3. The summed E-state index contributed by atoms with van der Waals surface area (Å²) in [7, 11) is 0. The van der Waals surface area contributed by atoms with Crippen LogP contribution in [0.15, 0.2) is 84.9 Å². The molecule has 3 amide bonds. The molecule has 3 saturated heterocycles. The molecule has 14 nitrogen and oxygen atoms in total. The van der Waals surface area contributed by atoms with Crippen molar-refractivity contribution >= 4 is 23.9 Å². The number of nitrogens with zero attached hydrogens (tertiary/aromatic N) is 5. The molecule has 4 aliphatic heterocycles. The van der Waals surface area contributed by atoms with E-state index >= 15 is 0 Å². The summed E-state index contributed by atoms with van der Waals surface area (Å²) in [6.07, 6.45) is 4.59. The summed E-state index contributed by atoms with van der Waals surface area (Å²) in [6, 6.07) is 26.5. The third kappa shape index (κ3) is 16.8. The fourth-order valence-electron chi connectivity index (χ4n) is 8.21. The van der Waals surface area contributed by atoms with Gasteiger partial charge in [-0.05, 0) is 126 Å². The summed E-state index contributed by atoms with van der Waals surface area (Å²) in [6.45, 7) is 24.1. The van der Waals surface area contributed by atoms with Crippen molar-refractivity contribution < 1.29 is 38.1 Å². The van der Waals surface area contributed by atoms with Gasteiger partial charge in [-0.2, -0.15) is 0 Å². The highest BCUT2D eigenvalue weighted by Crippen LogP contribution is 2.27. The molecule has 3 aromatic carbocycles. The molecule has 360 valence electrons. The molecule has 0 unspecified atom stereocenters. The Bertz CT molecular complexity index is 1980. The van der Waals surface area contributed by atoms with E-state index in [9.17, 15) is 14.4 Å². The first kappa shape index (κ1) is 50.1. The average Bonchev–Trinajstić information content (AvgIpc) is 3.31. The third-order valence-electron chi connectivity index (χ3n) is 12.0. The van der Waals surface area contributed by atoms with Crippen molar-refractivity contribution in [3.05, 3.63) is 102 Å². The predicted octanol–water partition coefficient (Wildman–Crippen LogP) is 8.13.